The molecule has 6 nitrogen and oxygen atoms in total. The van der Waals surface area contributed by atoms with Gasteiger partial charge in [0.15, 0.2) is 0 Å². The van der Waals surface area contributed by atoms with Crippen molar-refractivity contribution in [2.24, 2.45) is 0 Å². The number of aromatic nitrogens is 5. The molecule has 0 saturated carbocycles. The number of nitrogens with zero attached hydrogens (tertiary/aromatic N) is 5. The third kappa shape index (κ3) is 3.88. The molecule has 5 aromatic rings. The number of pyridine rings is 1. The van der Waals surface area contributed by atoms with E-state index in [0.717, 1.165) is 28.2 Å². The van der Waals surface area contributed by atoms with E-state index in [9.17, 15) is 4.79 Å². The molecular formula is C23H14Cl3N5O. The van der Waals surface area contributed by atoms with Gasteiger partial charge >= 0.3 is 0 Å². The summed E-state index contributed by atoms with van der Waals surface area (Å²) in [6.45, 7) is 0.397. The molecule has 0 aliphatic heterocycles. The Morgan fingerprint density at radius 2 is 1.81 bits per heavy atom. The highest BCUT2D eigenvalue weighted by Gasteiger charge is 2.19. The number of fused-ring (bicyclic) bond motifs is 1. The Labute approximate surface area is 198 Å². The van der Waals surface area contributed by atoms with Crippen LogP contribution in [0, 0.1) is 0 Å². The van der Waals surface area contributed by atoms with E-state index in [0.29, 0.717) is 22.3 Å². The average molecular weight is 483 g/mol. The molecular weight excluding hydrogens is 469 g/mol. The summed E-state index contributed by atoms with van der Waals surface area (Å²) in [5, 5.41) is 9.03. The Kier molecular flexibility index (Phi) is 5.43. The van der Waals surface area contributed by atoms with Gasteiger partial charge in [-0.25, -0.2) is 9.67 Å². The molecule has 0 amide bonds. The van der Waals surface area contributed by atoms with E-state index in [1.165, 1.54) is 0 Å². The molecule has 0 saturated heterocycles. The Balaban J connectivity index is 1.56. The maximum atomic E-state index is 11.6. The van der Waals surface area contributed by atoms with Crippen LogP contribution in [-0.4, -0.2) is 29.6 Å². The predicted molar refractivity (Wildman–Crippen MR) is 125 cm³/mol. The van der Waals surface area contributed by atoms with Gasteiger partial charge in [0, 0.05) is 16.8 Å². The second kappa shape index (κ2) is 8.39. The lowest BCUT2D eigenvalue weighted by Gasteiger charge is -2.05. The van der Waals surface area contributed by atoms with Crippen molar-refractivity contribution in [1.29, 1.82) is 0 Å². The predicted octanol–water partition coefficient (Wildman–Crippen LogP) is 5.99. The van der Waals surface area contributed by atoms with E-state index in [1.54, 1.807) is 16.8 Å². The highest BCUT2D eigenvalue weighted by Crippen LogP contribution is 2.32. The zero-order valence-corrected chi connectivity index (χ0v) is 18.7. The Morgan fingerprint density at radius 1 is 1.00 bits per heavy atom. The summed E-state index contributed by atoms with van der Waals surface area (Å²) in [7, 11) is 0. The van der Waals surface area contributed by atoms with Crippen LogP contribution < -0.4 is 0 Å². The van der Waals surface area contributed by atoms with E-state index in [-0.39, 0.29) is 5.56 Å². The first kappa shape index (κ1) is 20.7. The van der Waals surface area contributed by atoms with Crippen LogP contribution in [0.4, 0.5) is 0 Å². The molecule has 9 heteroatoms. The van der Waals surface area contributed by atoms with E-state index >= 15 is 0 Å². The average Bonchev–Trinajstić information content (AvgIpc) is 3.39. The van der Waals surface area contributed by atoms with Crippen LogP contribution in [-0.2, 0) is 6.54 Å². The van der Waals surface area contributed by atoms with Gasteiger partial charge in [-0.2, -0.15) is 0 Å². The fourth-order valence-electron chi connectivity index (χ4n) is 3.54. The van der Waals surface area contributed by atoms with Gasteiger partial charge in [0.25, 0.3) is 5.24 Å². The largest absolute Gasteiger partial charge is 0.298 e. The minimum Gasteiger partial charge on any atom is -0.298 e. The Bertz CT molecular complexity index is 1460. The zero-order valence-electron chi connectivity index (χ0n) is 16.4. The normalized spacial score (nSPS) is 11.2. The van der Waals surface area contributed by atoms with Crippen LogP contribution >= 0.6 is 34.8 Å². The molecule has 0 aliphatic rings. The van der Waals surface area contributed by atoms with Crippen molar-refractivity contribution in [1.82, 2.24) is 24.4 Å². The molecule has 0 radical (unpaired) electrons. The molecule has 158 valence electrons. The van der Waals surface area contributed by atoms with Crippen molar-refractivity contribution >= 4 is 45.7 Å². The molecule has 5 rings (SSSR count). The van der Waals surface area contributed by atoms with Gasteiger partial charge in [-0.15, -0.1) is 5.10 Å². The minimum absolute atomic E-state index is 0.262. The van der Waals surface area contributed by atoms with Crippen molar-refractivity contribution in [3.8, 4) is 22.6 Å². The lowest BCUT2D eigenvalue weighted by molar-refractivity contribution is 0.108. The first-order valence-electron chi connectivity index (χ1n) is 9.61. The second-order valence-electron chi connectivity index (χ2n) is 7.13. The van der Waals surface area contributed by atoms with Crippen molar-refractivity contribution in [3.05, 3.63) is 94.2 Å². The van der Waals surface area contributed by atoms with Crippen LogP contribution in [0.15, 0.2) is 73.1 Å². The van der Waals surface area contributed by atoms with Crippen molar-refractivity contribution in [2.75, 3.05) is 0 Å². The van der Waals surface area contributed by atoms with Gasteiger partial charge < -0.3 is 0 Å². The number of carbonyl (C=O) groups excluding carboxylic acids is 1. The Morgan fingerprint density at radius 3 is 2.59 bits per heavy atom. The first-order valence-corrected chi connectivity index (χ1v) is 10.7. The van der Waals surface area contributed by atoms with Crippen LogP contribution in [0.3, 0.4) is 0 Å². The second-order valence-corrected chi connectivity index (χ2v) is 8.32. The molecule has 2 aromatic carbocycles. The summed E-state index contributed by atoms with van der Waals surface area (Å²) in [4.78, 5) is 16.4. The number of halogens is 3. The molecule has 0 atom stereocenters. The van der Waals surface area contributed by atoms with Gasteiger partial charge in [0.05, 0.1) is 29.0 Å². The topological polar surface area (TPSA) is 65.1 Å². The van der Waals surface area contributed by atoms with Gasteiger partial charge in [-0.05, 0) is 53.6 Å². The summed E-state index contributed by atoms with van der Waals surface area (Å²) in [6.07, 6.45) is 3.78. The number of benzene rings is 2. The first-order chi connectivity index (χ1) is 15.5. The number of imidazole rings is 1. The zero-order chi connectivity index (χ0) is 22.2. The lowest BCUT2D eigenvalue weighted by atomic mass is 10.1. The molecule has 0 spiro atoms. The standard InChI is InChI=1S/C23H14Cl3N5O/c24-16-7-5-15(6-8-16)21-22(31-10-2-1-3-20(31)27-21)19-13-30(29-28-19)12-14-4-9-18(25)17(11-14)23(26)32/h1-11,13H,12H2. The van der Waals surface area contributed by atoms with Crippen molar-refractivity contribution in [3.63, 3.8) is 0 Å². The molecule has 0 aliphatic carbocycles. The van der Waals surface area contributed by atoms with E-state index in [1.807, 2.05) is 65.3 Å². The van der Waals surface area contributed by atoms with E-state index < -0.39 is 5.24 Å². The van der Waals surface area contributed by atoms with Crippen molar-refractivity contribution < 1.29 is 4.79 Å². The minimum atomic E-state index is -0.602. The number of rotatable bonds is 5. The van der Waals surface area contributed by atoms with Gasteiger partial charge in [-0.3, -0.25) is 9.20 Å². The SMILES string of the molecule is O=C(Cl)c1cc(Cn2cc(-c3c(-c4ccc(Cl)cc4)nc4ccccn34)nn2)ccc1Cl. The third-order valence-electron chi connectivity index (χ3n) is 5.02. The molecule has 0 N–H and O–H groups in total. The van der Waals surface area contributed by atoms with Crippen LogP contribution in [0.5, 0.6) is 0 Å². The number of hydrogen-bond donors (Lipinski definition) is 0. The van der Waals surface area contributed by atoms with Gasteiger partial charge in [0.2, 0.25) is 0 Å². The summed E-state index contributed by atoms with van der Waals surface area (Å²) in [5.74, 6) is 0. The summed E-state index contributed by atoms with van der Waals surface area (Å²) in [6, 6.07) is 18.5. The van der Waals surface area contributed by atoms with Crippen molar-refractivity contribution in [2.45, 2.75) is 6.54 Å². The summed E-state index contributed by atoms with van der Waals surface area (Å²) in [5.41, 5.74) is 5.07. The lowest BCUT2D eigenvalue weighted by Crippen LogP contribution is -2.02. The molecule has 0 unspecified atom stereocenters. The highest BCUT2D eigenvalue weighted by atomic mass is 35.5. The van der Waals surface area contributed by atoms with E-state index in [2.05, 4.69) is 10.3 Å². The molecule has 3 aromatic heterocycles. The summed E-state index contributed by atoms with van der Waals surface area (Å²) < 4.78 is 3.67. The maximum absolute atomic E-state index is 11.6. The van der Waals surface area contributed by atoms with E-state index in [4.69, 9.17) is 39.8 Å². The quantitative estimate of drug-likeness (QED) is 0.288. The van der Waals surface area contributed by atoms with Gasteiger partial charge in [0.1, 0.15) is 17.0 Å². The highest BCUT2D eigenvalue weighted by molar-refractivity contribution is 6.68. The smallest absolute Gasteiger partial charge is 0.253 e. The molecule has 32 heavy (non-hydrogen) atoms. The monoisotopic (exact) mass is 481 g/mol. The fraction of sp³-hybridized carbons (Fsp3) is 0.0435. The fourth-order valence-corrected chi connectivity index (χ4v) is 4.08. The van der Waals surface area contributed by atoms with Crippen LogP contribution in [0.1, 0.15) is 15.9 Å². The van der Waals surface area contributed by atoms with Gasteiger partial charge in [-0.1, -0.05) is 52.7 Å². The summed E-state index contributed by atoms with van der Waals surface area (Å²) >= 11 is 17.7. The van der Waals surface area contributed by atoms with Crippen LogP contribution in [0.2, 0.25) is 10.0 Å². The molecule has 0 fully saturated rings. The molecule has 3 heterocycles. The Hall–Kier alpha value is -3.19. The van der Waals surface area contributed by atoms with Crippen LogP contribution in [0.25, 0.3) is 28.3 Å². The number of hydrogen-bond acceptors (Lipinski definition) is 4. The third-order valence-corrected chi connectivity index (χ3v) is 5.80. The maximum Gasteiger partial charge on any atom is 0.253 e. The number of carbonyl (C=O) groups is 1. The molecule has 0 bridgehead atoms.